The highest BCUT2D eigenvalue weighted by Crippen LogP contribution is 2.28. The molecule has 1 atom stereocenters. The molecule has 0 saturated carbocycles. The lowest BCUT2D eigenvalue weighted by atomic mass is 10.0. The van der Waals surface area contributed by atoms with Crippen LogP contribution in [-0.4, -0.2) is 13.2 Å². The number of para-hydroxylation sites is 1. The average Bonchev–Trinajstić information content (AvgIpc) is 2.83. The number of halogens is 1. The van der Waals surface area contributed by atoms with Gasteiger partial charge in [-0.05, 0) is 36.1 Å². The molecule has 3 rings (SSSR count). The average molecular weight is 257 g/mol. The van der Waals surface area contributed by atoms with E-state index in [2.05, 4.69) is 17.4 Å². The Morgan fingerprint density at radius 2 is 2.05 bits per heavy atom. The Labute approximate surface area is 112 Å². The van der Waals surface area contributed by atoms with Crippen molar-refractivity contribution in [2.75, 3.05) is 12.4 Å². The lowest BCUT2D eigenvalue weighted by molar-refractivity contribution is 0.383. The lowest BCUT2D eigenvalue weighted by Crippen LogP contribution is -2.19. The maximum atomic E-state index is 14.1. The van der Waals surface area contributed by atoms with E-state index in [1.165, 1.54) is 12.7 Å². The molecule has 1 aliphatic heterocycles. The zero-order valence-electron chi connectivity index (χ0n) is 10.8. The van der Waals surface area contributed by atoms with Gasteiger partial charge in [-0.15, -0.1) is 0 Å². The molecule has 0 bridgehead atoms. The second-order valence-corrected chi connectivity index (χ2v) is 4.84. The predicted molar refractivity (Wildman–Crippen MR) is 74.2 cm³/mol. The van der Waals surface area contributed by atoms with Gasteiger partial charge >= 0.3 is 0 Å². The minimum absolute atomic E-state index is 0.247. The number of ether oxygens (including phenoxy) is 1. The minimum Gasteiger partial charge on any atom is -0.494 e. The van der Waals surface area contributed by atoms with E-state index in [9.17, 15) is 4.39 Å². The molecule has 1 N–H and O–H groups in total. The van der Waals surface area contributed by atoms with Gasteiger partial charge in [-0.2, -0.15) is 0 Å². The van der Waals surface area contributed by atoms with Crippen molar-refractivity contribution in [2.24, 2.45) is 0 Å². The summed E-state index contributed by atoms with van der Waals surface area (Å²) in [5.41, 5.74) is 3.16. The Morgan fingerprint density at radius 1 is 1.21 bits per heavy atom. The van der Waals surface area contributed by atoms with Crippen molar-refractivity contribution < 1.29 is 9.13 Å². The van der Waals surface area contributed by atoms with Crippen LogP contribution in [0.5, 0.6) is 5.75 Å². The molecule has 19 heavy (non-hydrogen) atoms. The van der Waals surface area contributed by atoms with Gasteiger partial charge in [0.2, 0.25) is 0 Å². The van der Waals surface area contributed by atoms with Gasteiger partial charge in [-0.3, -0.25) is 0 Å². The largest absolute Gasteiger partial charge is 0.494 e. The van der Waals surface area contributed by atoms with Crippen LogP contribution in [0.15, 0.2) is 42.5 Å². The number of hydrogen-bond donors (Lipinski definition) is 1. The number of fused-ring (bicyclic) bond motifs is 1. The fourth-order valence-corrected chi connectivity index (χ4v) is 2.64. The Balaban J connectivity index is 1.78. The number of benzene rings is 2. The summed E-state index contributed by atoms with van der Waals surface area (Å²) in [4.78, 5) is 0. The first-order chi connectivity index (χ1) is 9.28. The molecule has 2 nitrogen and oxygen atoms in total. The molecule has 0 spiro atoms. The molecule has 98 valence electrons. The fraction of sp³-hybridized carbons (Fsp3) is 0.250. The topological polar surface area (TPSA) is 21.3 Å². The van der Waals surface area contributed by atoms with Gasteiger partial charge in [0.25, 0.3) is 0 Å². The summed E-state index contributed by atoms with van der Waals surface area (Å²) in [6.07, 6.45) is 1.60. The highest BCUT2D eigenvalue weighted by Gasteiger charge is 2.21. The molecule has 3 heteroatoms. The second kappa shape index (κ2) is 4.92. The summed E-state index contributed by atoms with van der Waals surface area (Å²) < 4.78 is 19.1. The first-order valence-corrected chi connectivity index (χ1v) is 6.44. The summed E-state index contributed by atoms with van der Waals surface area (Å²) in [6, 6.07) is 13.8. The number of methoxy groups -OCH3 is 1. The Bertz CT molecular complexity index is 572. The molecule has 0 saturated heterocycles. The van der Waals surface area contributed by atoms with Crippen LogP contribution >= 0.6 is 0 Å². The van der Waals surface area contributed by atoms with E-state index in [4.69, 9.17) is 4.74 Å². The van der Waals surface area contributed by atoms with Gasteiger partial charge < -0.3 is 10.1 Å². The van der Waals surface area contributed by atoms with Crippen LogP contribution < -0.4 is 10.1 Å². The van der Waals surface area contributed by atoms with E-state index in [0.717, 1.165) is 12.1 Å². The number of hydrogen-bond acceptors (Lipinski definition) is 2. The smallest absolute Gasteiger partial charge is 0.168 e. The third kappa shape index (κ3) is 2.28. The van der Waals surface area contributed by atoms with E-state index < -0.39 is 0 Å². The molecule has 0 aliphatic carbocycles. The van der Waals surface area contributed by atoms with Crippen LogP contribution in [0, 0.1) is 5.82 Å². The van der Waals surface area contributed by atoms with Crippen molar-refractivity contribution in [1.82, 2.24) is 0 Å². The van der Waals surface area contributed by atoms with Gasteiger partial charge in [0.05, 0.1) is 7.11 Å². The SMILES string of the molecule is COc1cccc(CC2Cc3ccccc3N2)c1F. The van der Waals surface area contributed by atoms with Crippen molar-refractivity contribution in [3.05, 3.63) is 59.4 Å². The number of anilines is 1. The van der Waals surface area contributed by atoms with Crippen molar-refractivity contribution in [2.45, 2.75) is 18.9 Å². The molecule has 0 amide bonds. The first kappa shape index (κ1) is 12.0. The minimum atomic E-state index is -0.247. The summed E-state index contributed by atoms with van der Waals surface area (Å²) in [5.74, 6) is 0.0655. The highest BCUT2D eigenvalue weighted by atomic mass is 19.1. The Hall–Kier alpha value is -2.03. The van der Waals surface area contributed by atoms with Crippen LogP contribution in [0.4, 0.5) is 10.1 Å². The molecular weight excluding hydrogens is 241 g/mol. The van der Waals surface area contributed by atoms with E-state index in [0.29, 0.717) is 17.7 Å². The number of nitrogens with one attached hydrogen (secondary N) is 1. The normalized spacial score (nSPS) is 16.8. The van der Waals surface area contributed by atoms with Crippen LogP contribution in [0.3, 0.4) is 0 Å². The third-order valence-corrected chi connectivity index (χ3v) is 3.57. The van der Waals surface area contributed by atoms with Gasteiger partial charge in [0, 0.05) is 11.7 Å². The first-order valence-electron chi connectivity index (χ1n) is 6.44. The molecule has 1 aliphatic rings. The summed E-state index contributed by atoms with van der Waals surface area (Å²) in [6.45, 7) is 0. The molecule has 0 fully saturated rings. The summed E-state index contributed by atoms with van der Waals surface area (Å²) in [5, 5.41) is 3.44. The molecule has 1 heterocycles. The quantitative estimate of drug-likeness (QED) is 0.909. The standard InChI is InChI=1S/C16H16FNO/c1-19-15-8-4-6-12(16(15)17)10-13-9-11-5-2-3-7-14(11)18-13/h2-8,13,18H,9-10H2,1H3. The molecule has 1 unspecified atom stereocenters. The predicted octanol–water partition coefficient (Wildman–Crippen LogP) is 3.41. The molecule has 0 radical (unpaired) electrons. The van der Waals surface area contributed by atoms with Gasteiger partial charge in [-0.25, -0.2) is 4.39 Å². The fourth-order valence-electron chi connectivity index (χ4n) is 2.64. The monoisotopic (exact) mass is 257 g/mol. The van der Waals surface area contributed by atoms with E-state index in [1.807, 2.05) is 24.3 Å². The zero-order chi connectivity index (χ0) is 13.2. The second-order valence-electron chi connectivity index (χ2n) is 4.84. The third-order valence-electron chi connectivity index (χ3n) is 3.57. The summed E-state index contributed by atoms with van der Waals surface area (Å²) >= 11 is 0. The summed E-state index contributed by atoms with van der Waals surface area (Å²) in [7, 11) is 1.49. The van der Waals surface area contributed by atoms with E-state index >= 15 is 0 Å². The highest BCUT2D eigenvalue weighted by molar-refractivity contribution is 5.56. The molecular formula is C16H16FNO. The van der Waals surface area contributed by atoms with Crippen LogP contribution in [0.25, 0.3) is 0 Å². The van der Waals surface area contributed by atoms with Crippen LogP contribution in [0.2, 0.25) is 0 Å². The molecule has 2 aromatic carbocycles. The zero-order valence-corrected chi connectivity index (χ0v) is 10.8. The Morgan fingerprint density at radius 3 is 2.84 bits per heavy atom. The number of rotatable bonds is 3. The Kier molecular flexibility index (Phi) is 3.11. The van der Waals surface area contributed by atoms with E-state index in [1.54, 1.807) is 6.07 Å². The van der Waals surface area contributed by atoms with Crippen molar-refractivity contribution >= 4 is 5.69 Å². The van der Waals surface area contributed by atoms with Crippen molar-refractivity contribution in [1.29, 1.82) is 0 Å². The maximum Gasteiger partial charge on any atom is 0.168 e. The van der Waals surface area contributed by atoms with Crippen LogP contribution in [-0.2, 0) is 12.8 Å². The van der Waals surface area contributed by atoms with Gasteiger partial charge in [0.15, 0.2) is 11.6 Å². The molecule has 2 aromatic rings. The van der Waals surface area contributed by atoms with Crippen molar-refractivity contribution in [3.63, 3.8) is 0 Å². The maximum absolute atomic E-state index is 14.1. The lowest BCUT2D eigenvalue weighted by Gasteiger charge is -2.13. The van der Waals surface area contributed by atoms with Crippen LogP contribution in [0.1, 0.15) is 11.1 Å². The van der Waals surface area contributed by atoms with Gasteiger partial charge in [0.1, 0.15) is 0 Å². The van der Waals surface area contributed by atoms with Crippen molar-refractivity contribution in [3.8, 4) is 5.75 Å². The molecule has 0 aromatic heterocycles. The van der Waals surface area contributed by atoms with Gasteiger partial charge in [-0.1, -0.05) is 30.3 Å². The van der Waals surface area contributed by atoms with E-state index in [-0.39, 0.29) is 11.9 Å².